The third-order valence-electron chi connectivity index (χ3n) is 5.22. The summed E-state index contributed by atoms with van der Waals surface area (Å²) in [6, 6.07) is 22.5. The number of amides is 2. The number of fused-ring (bicyclic) bond motifs is 1. The van der Waals surface area contributed by atoms with Gasteiger partial charge in [0.1, 0.15) is 5.82 Å². The smallest absolute Gasteiger partial charge is 0.320 e. The molecule has 31 heavy (non-hydrogen) atoms. The molecule has 0 bridgehead atoms. The van der Waals surface area contributed by atoms with Gasteiger partial charge in [-0.25, -0.2) is 9.78 Å². The number of nitrogens with one attached hydrogen (secondary N) is 3. The molecule has 0 saturated carbocycles. The van der Waals surface area contributed by atoms with Crippen molar-refractivity contribution in [3.05, 3.63) is 106 Å². The predicted molar refractivity (Wildman–Crippen MR) is 117 cm³/mol. The van der Waals surface area contributed by atoms with Crippen LogP contribution in [0.5, 0.6) is 0 Å². The zero-order valence-corrected chi connectivity index (χ0v) is 16.2. The Balaban J connectivity index is 1.73. The summed E-state index contributed by atoms with van der Waals surface area (Å²) in [6.45, 7) is 0. The first kappa shape index (κ1) is 18.6. The van der Waals surface area contributed by atoms with Crippen LogP contribution >= 0.6 is 0 Å². The number of non-ortho nitro benzene ring substituents is 1. The highest BCUT2D eigenvalue weighted by molar-refractivity contribution is 6.02. The van der Waals surface area contributed by atoms with Crippen molar-refractivity contribution < 1.29 is 9.72 Å². The summed E-state index contributed by atoms with van der Waals surface area (Å²) in [5.41, 5.74) is 4.58. The molecule has 0 saturated heterocycles. The Bertz CT molecular complexity index is 1290. The number of urea groups is 1. The number of para-hydroxylation sites is 2. The minimum atomic E-state index is -0.551. The molecule has 1 aliphatic rings. The number of hydrogen-bond acceptors (Lipinski definition) is 4. The van der Waals surface area contributed by atoms with E-state index in [4.69, 9.17) is 4.98 Å². The number of aromatic amines is 1. The Morgan fingerprint density at radius 2 is 1.61 bits per heavy atom. The van der Waals surface area contributed by atoms with Crippen LogP contribution in [0.2, 0.25) is 0 Å². The minimum absolute atomic E-state index is 0.0124. The molecule has 0 unspecified atom stereocenters. The molecular formula is C23H17N5O3. The summed E-state index contributed by atoms with van der Waals surface area (Å²) < 4.78 is 0. The van der Waals surface area contributed by atoms with Crippen LogP contribution in [0, 0.1) is 10.1 Å². The molecule has 3 aromatic carbocycles. The summed E-state index contributed by atoms with van der Waals surface area (Å²) >= 11 is 0. The Labute approximate surface area is 176 Å². The second-order valence-corrected chi connectivity index (χ2v) is 7.14. The Morgan fingerprint density at radius 3 is 2.32 bits per heavy atom. The van der Waals surface area contributed by atoms with Gasteiger partial charge in [-0.05, 0) is 35.4 Å². The van der Waals surface area contributed by atoms with E-state index in [0.29, 0.717) is 17.1 Å². The monoisotopic (exact) mass is 411 g/mol. The van der Waals surface area contributed by atoms with Crippen molar-refractivity contribution in [2.45, 2.75) is 6.04 Å². The van der Waals surface area contributed by atoms with Gasteiger partial charge in [-0.2, -0.15) is 0 Å². The van der Waals surface area contributed by atoms with Gasteiger partial charge >= 0.3 is 6.03 Å². The summed E-state index contributed by atoms with van der Waals surface area (Å²) in [7, 11) is 0. The number of nitro benzene ring substituents is 1. The molecule has 8 nitrogen and oxygen atoms in total. The molecule has 3 N–H and O–H groups in total. The van der Waals surface area contributed by atoms with Gasteiger partial charge in [0, 0.05) is 17.7 Å². The van der Waals surface area contributed by atoms with Crippen LogP contribution < -0.4 is 10.6 Å². The van der Waals surface area contributed by atoms with Gasteiger partial charge in [0.2, 0.25) is 0 Å². The minimum Gasteiger partial charge on any atom is -0.338 e. The van der Waals surface area contributed by atoms with E-state index < -0.39 is 11.0 Å². The SMILES string of the molecule is O=C1NC(c2ccccc2)=C(c2nc3ccccc3[nH]2)[C@H](c2ccc([N+](=O)[O-])cc2)N1. The fraction of sp³-hybridized carbons (Fsp3) is 0.0435. The van der Waals surface area contributed by atoms with Gasteiger partial charge < -0.3 is 15.6 Å². The van der Waals surface area contributed by atoms with Crippen molar-refractivity contribution in [2.24, 2.45) is 0 Å². The summed E-state index contributed by atoms with van der Waals surface area (Å²) in [4.78, 5) is 31.3. The molecule has 152 valence electrons. The highest BCUT2D eigenvalue weighted by Crippen LogP contribution is 2.37. The van der Waals surface area contributed by atoms with Crippen LogP contribution in [0.3, 0.4) is 0 Å². The van der Waals surface area contributed by atoms with E-state index in [9.17, 15) is 14.9 Å². The first-order chi connectivity index (χ1) is 15.1. The standard InChI is InChI=1S/C23H17N5O3/c29-23-26-20(14-6-2-1-3-7-14)19(22-24-17-8-4-5-9-18(17)25-22)21(27-23)15-10-12-16(13-11-15)28(30)31/h1-13,21H,(H,24,25)(H2,26,27,29)/t21-/m0/s1. The molecule has 0 fully saturated rings. The number of nitrogens with zero attached hydrogens (tertiary/aromatic N) is 2. The van der Waals surface area contributed by atoms with Crippen LogP contribution in [0.15, 0.2) is 78.9 Å². The summed E-state index contributed by atoms with van der Waals surface area (Å²) in [6.07, 6.45) is 0. The molecule has 0 aliphatic carbocycles. The highest BCUT2D eigenvalue weighted by Gasteiger charge is 2.32. The first-order valence-corrected chi connectivity index (χ1v) is 9.67. The number of nitro groups is 1. The zero-order valence-electron chi connectivity index (χ0n) is 16.2. The van der Waals surface area contributed by atoms with E-state index >= 15 is 0 Å². The van der Waals surface area contributed by atoms with Crippen LogP contribution in [-0.2, 0) is 0 Å². The van der Waals surface area contributed by atoms with Crippen LogP contribution in [0.1, 0.15) is 23.0 Å². The average molecular weight is 411 g/mol. The normalized spacial score (nSPS) is 16.1. The Hall–Kier alpha value is -4.46. The summed E-state index contributed by atoms with van der Waals surface area (Å²) in [5.74, 6) is 0.607. The van der Waals surface area contributed by atoms with Crippen LogP contribution in [0.4, 0.5) is 10.5 Å². The number of rotatable bonds is 4. The van der Waals surface area contributed by atoms with E-state index in [0.717, 1.165) is 22.2 Å². The zero-order chi connectivity index (χ0) is 21.4. The molecule has 4 aromatic rings. The van der Waals surface area contributed by atoms with Crippen molar-refractivity contribution >= 4 is 34.0 Å². The lowest BCUT2D eigenvalue weighted by molar-refractivity contribution is -0.384. The largest absolute Gasteiger partial charge is 0.338 e. The predicted octanol–water partition coefficient (Wildman–Crippen LogP) is 4.39. The van der Waals surface area contributed by atoms with Gasteiger partial charge in [0.05, 0.1) is 27.7 Å². The maximum Gasteiger partial charge on any atom is 0.320 e. The van der Waals surface area contributed by atoms with Crippen molar-refractivity contribution in [3.8, 4) is 0 Å². The van der Waals surface area contributed by atoms with Gasteiger partial charge in [-0.1, -0.05) is 42.5 Å². The molecule has 0 radical (unpaired) electrons. The van der Waals surface area contributed by atoms with Crippen LogP contribution in [-0.4, -0.2) is 20.9 Å². The highest BCUT2D eigenvalue weighted by atomic mass is 16.6. The second-order valence-electron chi connectivity index (χ2n) is 7.14. The molecule has 1 aliphatic heterocycles. The number of H-pyrrole nitrogens is 1. The lowest BCUT2D eigenvalue weighted by Crippen LogP contribution is -2.43. The number of aromatic nitrogens is 2. The summed E-state index contributed by atoms with van der Waals surface area (Å²) in [5, 5.41) is 16.9. The van der Waals surface area contributed by atoms with Crippen LogP contribution in [0.25, 0.3) is 22.3 Å². The van der Waals surface area contributed by atoms with Gasteiger partial charge in [0.15, 0.2) is 0 Å². The third-order valence-corrected chi connectivity index (χ3v) is 5.22. The second kappa shape index (κ2) is 7.42. The Morgan fingerprint density at radius 1 is 0.903 bits per heavy atom. The quantitative estimate of drug-likeness (QED) is 0.341. The maximum atomic E-state index is 12.6. The van der Waals surface area contributed by atoms with E-state index in [1.807, 2.05) is 54.6 Å². The van der Waals surface area contributed by atoms with Gasteiger partial charge in [0.25, 0.3) is 5.69 Å². The average Bonchev–Trinajstić information content (AvgIpc) is 3.23. The molecule has 5 rings (SSSR count). The first-order valence-electron chi connectivity index (χ1n) is 9.67. The number of hydrogen-bond donors (Lipinski definition) is 3. The molecule has 1 aromatic heterocycles. The number of carbonyl (C=O) groups excluding carboxylic acids is 1. The lowest BCUT2D eigenvalue weighted by Gasteiger charge is -2.30. The Kier molecular flexibility index (Phi) is 4.44. The van der Waals surface area contributed by atoms with Gasteiger partial charge in [-0.15, -0.1) is 0 Å². The molecule has 2 heterocycles. The molecule has 2 amide bonds. The van der Waals surface area contributed by atoms with Crippen molar-refractivity contribution in [2.75, 3.05) is 0 Å². The molecule has 8 heteroatoms. The fourth-order valence-corrected chi connectivity index (χ4v) is 3.77. The van der Waals surface area contributed by atoms with Crippen molar-refractivity contribution in [3.63, 3.8) is 0 Å². The van der Waals surface area contributed by atoms with E-state index in [1.165, 1.54) is 12.1 Å². The molecule has 1 atom stereocenters. The topological polar surface area (TPSA) is 113 Å². The number of benzene rings is 3. The van der Waals surface area contributed by atoms with E-state index in [2.05, 4.69) is 15.6 Å². The number of carbonyl (C=O) groups is 1. The van der Waals surface area contributed by atoms with Crippen molar-refractivity contribution in [1.82, 2.24) is 20.6 Å². The molecular weight excluding hydrogens is 394 g/mol. The van der Waals surface area contributed by atoms with Crippen molar-refractivity contribution in [1.29, 1.82) is 0 Å². The van der Waals surface area contributed by atoms with E-state index in [-0.39, 0.29) is 11.7 Å². The number of imidazole rings is 1. The lowest BCUT2D eigenvalue weighted by atomic mass is 9.92. The maximum absolute atomic E-state index is 12.6. The van der Waals surface area contributed by atoms with Gasteiger partial charge in [-0.3, -0.25) is 10.1 Å². The van der Waals surface area contributed by atoms with E-state index in [1.54, 1.807) is 12.1 Å². The third kappa shape index (κ3) is 3.40. The fourth-order valence-electron chi connectivity index (χ4n) is 3.77. The molecule has 0 spiro atoms.